The third-order valence-corrected chi connectivity index (χ3v) is 6.12. The van der Waals surface area contributed by atoms with Gasteiger partial charge >= 0.3 is 5.97 Å². The van der Waals surface area contributed by atoms with Gasteiger partial charge in [0.25, 0.3) is 0 Å². The molecule has 4 rings (SSSR count). The van der Waals surface area contributed by atoms with Gasteiger partial charge in [0.15, 0.2) is 0 Å². The van der Waals surface area contributed by atoms with Gasteiger partial charge in [-0.2, -0.15) is 4.39 Å². The molecule has 0 saturated heterocycles. The molecular weight excluding hydrogens is 435 g/mol. The zero-order chi connectivity index (χ0) is 24.1. The highest BCUT2D eigenvalue weighted by Gasteiger charge is 2.27. The number of amides is 1. The number of carbonyl (C=O) groups is 2. The molecule has 0 saturated carbocycles. The van der Waals surface area contributed by atoms with E-state index in [-0.39, 0.29) is 36.0 Å². The SMILES string of the molecule is O=C(CCc1ccc(-c2ccc(O)cc2)cc1)NC1=C(C(=O)O)CC(c2ccc(F)nc2)CC1. The van der Waals surface area contributed by atoms with Crippen LogP contribution in [0.2, 0.25) is 0 Å². The van der Waals surface area contributed by atoms with Crippen LogP contribution in [-0.2, 0) is 16.0 Å². The van der Waals surface area contributed by atoms with Crippen LogP contribution in [0.15, 0.2) is 78.1 Å². The number of pyridine rings is 1. The van der Waals surface area contributed by atoms with Gasteiger partial charge in [-0.25, -0.2) is 9.78 Å². The number of hydrogen-bond donors (Lipinski definition) is 3. The Hall–Kier alpha value is -4.00. The molecule has 174 valence electrons. The largest absolute Gasteiger partial charge is 0.508 e. The van der Waals surface area contributed by atoms with Crippen molar-refractivity contribution in [2.45, 2.75) is 38.0 Å². The lowest BCUT2D eigenvalue weighted by Gasteiger charge is -2.26. The van der Waals surface area contributed by atoms with E-state index < -0.39 is 11.9 Å². The van der Waals surface area contributed by atoms with E-state index in [1.807, 2.05) is 36.4 Å². The van der Waals surface area contributed by atoms with Crippen LogP contribution in [0.3, 0.4) is 0 Å². The van der Waals surface area contributed by atoms with Gasteiger partial charge < -0.3 is 15.5 Å². The van der Waals surface area contributed by atoms with Crippen LogP contribution in [0, 0.1) is 5.95 Å². The molecule has 2 aromatic carbocycles. The number of halogens is 1. The second kappa shape index (κ2) is 10.3. The van der Waals surface area contributed by atoms with Gasteiger partial charge in [-0.15, -0.1) is 0 Å². The first-order chi connectivity index (χ1) is 16.4. The molecule has 0 aliphatic heterocycles. The smallest absolute Gasteiger partial charge is 0.333 e. The molecule has 1 heterocycles. The highest BCUT2D eigenvalue weighted by atomic mass is 19.1. The minimum atomic E-state index is -1.06. The molecule has 1 aliphatic rings. The summed E-state index contributed by atoms with van der Waals surface area (Å²) < 4.78 is 13.1. The predicted octanol–water partition coefficient (Wildman–Crippen LogP) is 4.95. The van der Waals surface area contributed by atoms with Gasteiger partial charge in [0.1, 0.15) is 5.75 Å². The van der Waals surface area contributed by atoms with Crippen molar-refractivity contribution in [3.05, 3.63) is 95.2 Å². The van der Waals surface area contributed by atoms with Crippen LogP contribution in [0.4, 0.5) is 4.39 Å². The van der Waals surface area contributed by atoms with E-state index in [4.69, 9.17) is 0 Å². The molecule has 3 aromatic rings. The van der Waals surface area contributed by atoms with Gasteiger partial charge in [-0.3, -0.25) is 4.79 Å². The number of aromatic hydroxyl groups is 1. The molecule has 7 heteroatoms. The molecule has 1 unspecified atom stereocenters. The quantitative estimate of drug-likeness (QED) is 0.434. The Kier molecular flexibility index (Phi) is 7.01. The highest BCUT2D eigenvalue weighted by molar-refractivity contribution is 5.89. The van der Waals surface area contributed by atoms with Crippen LogP contribution in [0.1, 0.15) is 42.7 Å². The number of nitrogens with zero attached hydrogens (tertiary/aromatic N) is 1. The topological polar surface area (TPSA) is 99.5 Å². The van der Waals surface area contributed by atoms with Crippen molar-refractivity contribution >= 4 is 11.9 Å². The van der Waals surface area contributed by atoms with Crippen molar-refractivity contribution < 1.29 is 24.2 Å². The maximum Gasteiger partial charge on any atom is 0.333 e. The molecular formula is C27H25FN2O4. The van der Waals surface area contributed by atoms with Gasteiger partial charge in [-0.05, 0) is 72.1 Å². The molecule has 1 aromatic heterocycles. The third kappa shape index (κ3) is 5.67. The second-order valence-electron chi connectivity index (χ2n) is 8.41. The van der Waals surface area contributed by atoms with E-state index in [2.05, 4.69) is 10.3 Å². The number of allylic oxidation sites excluding steroid dienone is 1. The fourth-order valence-electron chi connectivity index (χ4n) is 4.22. The first-order valence-electron chi connectivity index (χ1n) is 11.1. The zero-order valence-electron chi connectivity index (χ0n) is 18.5. The molecule has 6 nitrogen and oxygen atoms in total. The standard InChI is InChI=1S/C27H25FN2O4/c28-25-13-9-21(16-29-25)20-8-12-24(23(15-20)27(33)34)30-26(32)14-3-17-1-4-18(5-2-17)19-6-10-22(31)11-7-19/h1-2,4-7,9-11,13,16,20,31H,3,8,12,14-15H2,(H,30,32)(H,33,34). The van der Waals surface area contributed by atoms with Crippen molar-refractivity contribution in [2.75, 3.05) is 0 Å². The summed E-state index contributed by atoms with van der Waals surface area (Å²) in [6.45, 7) is 0. The van der Waals surface area contributed by atoms with Crippen molar-refractivity contribution in [3.63, 3.8) is 0 Å². The number of nitrogens with one attached hydrogen (secondary N) is 1. The fraction of sp³-hybridized carbons (Fsp3) is 0.222. The second-order valence-corrected chi connectivity index (χ2v) is 8.41. The van der Waals surface area contributed by atoms with E-state index >= 15 is 0 Å². The number of carboxylic acid groups (broad SMARTS) is 1. The lowest BCUT2D eigenvalue weighted by atomic mass is 9.82. The lowest BCUT2D eigenvalue weighted by molar-refractivity contribution is -0.133. The van der Waals surface area contributed by atoms with Crippen molar-refractivity contribution in [2.24, 2.45) is 0 Å². The number of carbonyl (C=O) groups excluding carboxylic acids is 1. The number of carboxylic acids is 1. The molecule has 0 bridgehead atoms. The van der Waals surface area contributed by atoms with Gasteiger partial charge in [-0.1, -0.05) is 42.5 Å². The van der Waals surface area contributed by atoms with E-state index in [1.165, 1.54) is 12.3 Å². The Morgan fingerprint density at radius 3 is 2.29 bits per heavy atom. The zero-order valence-corrected chi connectivity index (χ0v) is 18.5. The van der Waals surface area contributed by atoms with Crippen molar-refractivity contribution in [1.82, 2.24) is 10.3 Å². The molecule has 0 fully saturated rings. The summed E-state index contributed by atoms with van der Waals surface area (Å²) in [6.07, 6.45) is 3.55. The predicted molar refractivity (Wildman–Crippen MR) is 125 cm³/mol. The Morgan fingerprint density at radius 1 is 1.00 bits per heavy atom. The van der Waals surface area contributed by atoms with Crippen molar-refractivity contribution in [3.8, 4) is 16.9 Å². The number of aliphatic carboxylic acids is 1. The summed E-state index contributed by atoms with van der Waals surface area (Å²) >= 11 is 0. The summed E-state index contributed by atoms with van der Waals surface area (Å²) in [7, 11) is 0. The Morgan fingerprint density at radius 2 is 1.68 bits per heavy atom. The van der Waals surface area contributed by atoms with Gasteiger partial charge in [0.2, 0.25) is 11.9 Å². The lowest BCUT2D eigenvalue weighted by Crippen LogP contribution is -2.29. The number of phenolic OH excluding ortho intramolecular Hbond substituents is 1. The van der Waals surface area contributed by atoms with Crippen LogP contribution >= 0.6 is 0 Å². The van der Waals surface area contributed by atoms with Crippen LogP contribution in [0.5, 0.6) is 5.75 Å². The van der Waals surface area contributed by atoms with Gasteiger partial charge in [0.05, 0.1) is 5.57 Å². The van der Waals surface area contributed by atoms with E-state index in [0.717, 1.165) is 22.3 Å². The Labute approximate surface area is 196 Å². The average molecular weight is 461 g/mol. The summed E-state index contributed by atoms with van der Waals surface area (Å²) in [4.78, 5) is 28.0. The number of benzene rings is 2. The molecule has 1 amide bonds. The molecule has 1 aliphatic carbocycles. The first kappa shape index (κ1) is 23.2. The average Bonchev–Trinajstić information content (AvgIpc) is 2.84. The Balaban J connectivity index is 1.36. The highest BCUT2D eigenvalue weighted by Crippen LogP contribution is 2.35. The molecule has 0 radical (unpaired) electrons. The normalized spacial score (nSPS) is 15.7. The summed E-state index contributed by atoms with van der Waals surface area (Å²) in [5.41, 5.74) is 4.43. The monoisotopic (exact) mass is 460 g/mol. The van der Waals surface area contributed by atoms with Crippen LogP contribution in [0.25, 0.3) is 11.1 Å². The molecule has 0 spiro atoms. The Bertz CT molecular complexity index is 1200. The summed E-state index contributed by atoms with van der Waals surface area (Å²) in [5.74, 6) is -1.71. The first-order valence-corrected chi connectivity index (χ1v) is 11.1. The summed E-state index contributed by atoms with van der Waals surface area (Å²) in [5, 5.41) is 21.9. The molecule has 3 N–H and O–H groups in total. The molecule has 1 atom stereocenters. The number of phenols is 1. The minimum absolute atomic E-state index is 0.0769. The minimum Gasteiger partial charge on any atom is -0.508 e. The van der Waals surface area contributed by atoms with Crippen LogP contribution < -0.4 is 5.32 Å². The number of aromatic nitrogens is 1. The van der Waals surface area contributed by atoms with E-state index in [0.29, 0.717) is 25.0 Å². The number of rotatable bonds is 7. The summed E-state index contributed by atoms with van der Waals surface area (Å²) in [6, 6.07) is 17.7. The fourth-order valence-corrected chi connectivity index (χ4v) is 4.22. The van der Waals surface area contributed by atoms with E-state index in [9.17, 15) is 24.2 Å². The number of hydrogen-bond acceptors (Lipinski definition) is 4. The van der Waals surface area contributed by atoms with Gasteiger partial charge in [0, 0.05) is 18.3 Å². The van der Waals surface area contributed by atoms with Crippen LogP contribution in [-0.4, -0.2) is 27.1 Å². The third-order valence-electron chi connectivity index (χ3n) is 6.12. The van der Waals surface area contributed by atoms with Crippen molar-refractivity contribution in [1.29, 1.82) is 0 Å². The molecule has 34 heavy (non-hydrogen) atoms. The number of aryl methyl sites for hydroxylation is 1. The van der Waals surface area contributed by atoms with E-state index in [1.54, 1.807) is 18.2 Å². The maximum atomic E-state index is 13.1. The maximum absolute atomic E-state index is 13.1.